The molecule has 3 N–H and O–H groups in total. The molecule has 0 spiro atoms. The SMILES string of the molecule is O=C(O)c1csc(SCCN2C(=O)CC[C@@H]2/C=C/[C@@H](O)CCCCCSc2ncn[nH]2)n1. The van der Waals surface area contributed by atoms with Crippen molar-refractivity contribution in [2.24, 2.45) is 0 Å². The lowest BCUT2D eigenvalue weighted by molar-refractivity contribution is -0.128. The normalized spacial score (nSPS) is 17.5. The van der Waals surface area contributed by atoms with Gasteiger partial charge in [0.1, 0.15) is 6.33 Å². The zero-order chi connectivity index (χ0) is 22.8. The Hall–Kier alpha value is -1.89. The Labute approximate surface area is 199 Å². The second-order valence-electron chi connectivity index (χ2n) is 7.29. The first-order valence-corrected chi connectivity index (χ1v) is 13.3. The number of unbranched alkanes of at least 4 members (excludes halogenated alkanes) is 2. The lowest BCUT2D eigenvalue weighted by Gasteiger charge is -2.22. The van der Waals surface area contributed by atoms with Crippen molar-refractivity contribution in [2.75, 3.05) is 18.1 Å². The van der Waals surface area contributed by atoms with Crippen LogP contribution in [0.2, 0.25) is 0 Å². The number of nitrogens with zero attached hydrogens (tertiary/aromatic N) is 4. The minimum absolute atomic E-state index is 0.00179. The van der Waals surface area contributed by atoms with Crippen molar-refractivity contribution in [3.63, 3.8) is 0 Å². The number of carbonyl (C=O) groups excluding carboxylic acids is 1. The minimum Gasteiger partial charge on any atom is -0.476 e. The molecule has 2 atom stereocenters. The Bertz CT molecular complexity index is 890. The first kappa shape index (κ1) is 24.7. The van der Waals surface area contributed by atoms with E-state index in [0.29, 0.717) is 29.5 Å². The van der Waals surface area contributed by atoms with Gasteiger partial charge in [-0.2, -0.15) is 5.10 Å². The molecule has 0 radical (unpaired) electrons. The summed E-state index contributed by atoms with van der Waals surface area (Å²) in [6, 6.07) is 0.00179. The van der Waals surface area contributed by atoms with Crippen molar-refractivity contribution < 1.29 is 19.8 Å². The molecule has 0 aliphatic carbocycles. The Morgan fingerprint density at radius 1 is 1.34 bits per heavy atom. The van der Waals surface area contributed by atoms with Gasteiger partial charge in [-0.25, -0.2) is 14.8 Å². The monoisotopic (exact) mass is 497 g/mol. The molecule has 1 amide bonds. The number of carboxylic acid groups (broad SMARTS) is 1. The van der Waals surface area contributed by atoms with Gasteiger partial charge >= 0.3 is 5.97 Å². The summed E-state index contributed by atoms with van der Waals surface area (Å²) in [5, 5.41) is 28.2. The summed E-state index contributed by atoms with van der Waals surface area (Å²) in [7, 11) is 0. The van der Waals surface area contributed by atoms with E-state index in [9.17, 15) is 14.7 Å². The number of thiazole rings is 1. The van der Waals surface area contributed by atoms with Crippen LogP contribution in [0.1, 0.15) is 49.0 Å². The predicted molar refractivity (Wildman–Crippen MR) is 125 cm³/mol. The van der Waals surface area contributed by atoms with Crippen molar-refractivity contribution >= 4 is 46.7 Å². The maximum absolute atomic E-state index is 12.2. The second-order valence-corrected chi connectivity index (χ2v) is 10.6. The Morgan fingerprint density at radius 3 is 2.97 bits per heavy atom. The number of rotatable bonds is 14. The van der Waals surface area contributed by atoms with Crippen LogP contribution < -0.4 is 0 Å². The molecule has 0 unspecified atom stereocenters. The Morgan fingerprint density at radius 2 is 2.22 bits per heavy atom. The highest BCUT2D eigenvalue weighted by Gasteiger charge is 2.28. The van der Waals surface area contributed by atoms with Crippen molar-refractivity contribution in [3.05, 3.63) is 29.6 Å². The van der Waals surface area contributed by atoms with Crippen molar-refractivity contribution in [2.45, 2.75) is 60.2 Å². The van der Waals surface area contributed by atoms with Gasteiger partial charge in [0.25, 0.3) is 0 Å². The summed E-state index contributed by atoms with van der Waals surface area (Å²) in [5.41, 5.74) is 0.0538. The number of aliphatic hydroxyl groups is 1. The van der Waals surface area contributed by atoms with E-state index >= 15 is 0 Å². The molecule has 0 aromatic carbocycles. The van der Waals surface area contributed by atoms with Crippen LogP contribution in [0.15, 0.2) is 33.4 Å². The van der Waals surface area contributed by atoms with E-state index in [1.807, 2.05) is 17.1 Å². The van der Waals surface area contributed by atoms with Gasteiger partial charge in [-0.15, -0.1) is 11.3 Å². The molecular formula is C20H27N5O4S3. The number of aromatic carboxylic acids is 1. The quantitative estimate of drug-likeness (QED) is 0.204. The highest BCUT2D eigenvalue weighted by atomic mass is 32.2. The number of hydrogen-bond acceptors (Lipinski definition) is 9. The number of likely N-dealkylation sites (tertiary alicyclic amines) is 1. The summed E-state index contributed by atoms with van der Waals surface area (Å²) in [6.45, 7) is 0.569. The van der Waals surface area contributed by atoms with Crippen molar-refractivity contribution in [1.82, 2.24) is 25.1 Å². The first-order valence-electron chi connectivity index (χ1n) is 10.5. The van der Waals surface area contributed by atoms with Gasteiger partial charge in [-0.05, 0) is 19.3 Å². The lowest BCUT2D eigenvalue weighted by Crippen LogP contribution is -2.33. The van der Waals surface area contributed by atoms with Crippen LogP contribution in [0.4, 0.5) is 0 Å². The molecule has 32 heavy (non-hydrogen) atoms. The van der Waals surface area contributed by atoms with Crippen LogP contribution in [-0.2, 0) is 4.79 Å². The summed E-state index contributed by atoms with van der Waals surface area (Å²) in [6.07, 6.45) is 9.77. The number of aliphatic hydroxyl groups excluding tert-OH is 1. The molecule has 3 rings (SSSR count). The molecule has 0 bridgehead atoms. The standard InChI is InChI=1S/C20H27N5O4S3/c26-15(4-2-1-3-10-30-19-21-13-22-24-19)7-5-14-6-8-17(27)25(14)9-11-31-20-23-16(12-32-20)18(28)29/h5,7,12-15,26H,1-4,6,8-11H2,(H,28,29)(H,21,22,24)/b7-5+/t14-,15-/m0/s1. The lowest BCUT2D eigenvalue weighted by atomic mass is 10.1. The Balaban J connectivity index is 1.32. The van der Waals surface area contributed by atoms with Gasteiger partial charge in [0.15, 0.2) is 15.2 Å². The first-order chi connectivity index (χ1) is 15.5. The largest absolute Gasteiger partial charge is 0.476 e. The highest BCUT2D eigenvalue weighted by molar-refractivity contribution is 8.01. The molecule has 12 heteroatoms. The molecule has 3 heterocycles. The van der Waals surface area contributed by atoms with E-state index in [-0.39, 0.29) is 17.6 Å². The molecule has 1 saturated heterocycles. The molecule has 1 aliphatic rings. The number of thioether (sulfide) groups is 2. The predicted octanol–water partition coefficient (Wildman–Crippen LogP) is 3.31. The highest BCUT2D eigenvalue weighted by Crippen LogP contribution is 2.25. The summed E-state index contributed by atoms with van der Waals surface area (Å²) in [4.78, 5) is 33.1. The van der Waals surface area contributed by atoms with Gasteiger partial charge in [0.05, 0.1) is 12.1 Å². The van der Waals surface area contributed by atoms with Crippen LogP contribution in [-0.4, -0.2) is 77.4 Å². The van der Waals surface area contributed by atoms with Gasteiger partial charge in [-0.3, -0.25) is 9.89 Å². The van der Waals surface area contributed by atoms with E-state index in [4.69, 9.17) is 5.11 Å². The third-order valence-electron chi connectivity index (χ3n) is 4.97. The smallest absolute Gasteiger partial charge is 0.355 e. The van der Waals surface area contributed by atoms with Gasteiger partial charge in [-0.1, -0.05) is 48.5 Å². The van der Waals surface area contributed by atoms with Crippen LogP contribution in [0, 0.1) is 0 Å². The average Bonchev–Trinajstić information content (AvgIpc) is 3.52. The maximum Gasteiger partial charge on any atom is 0.355 e. The third-order valence-corrected chi connectivity index (χ3v) is 7.93. The van der Waals surface area contributed by atoms with Crippen LogP contribution in [0.5, 0.6) is 0 Å². The number of H-pyrrole nitrogens is 1. The zero-order valence-corrected chi connectivity index (χ0v) is 20.0. The molecule has 2 aromatic heterocycles. The van der Waals surface area contributed by atoms with Crippen LogP contribution in [0.3, 0.4) is 0 Å². The number of carbonyl (C=O) groups is 2. The number of aromatic nitrogens is 4. The minimum atomic E-state index is -1.03. The fraction of sp³-hybridized carbons (Fsp3) is 0.550. The topological polar surface area (TPSA) is 132 Å². The molecule has 2 aromatic rings. The molecule has 1 aliphatic heterocycles. The molecule has 1 fully saturated rings. The van der Waals surface area contributed by atoms with Crippen LogP contribution in [0.25, 0.3) is 0 Å². The van der Waals surface area contributed by atoms with Gasteiger partial charge in [0, 0.05) is 29.9 Å². The van der Waals surface area contributed by atoms with Crippen LogP contribution >= 0.6 is 34.9 Å². The fourth-order valence-corrected chi connectivity index (χ4v) is 5.91. The molecular weight excluding hydrogens is 470 g/mol. The number of amides is 1. The summed E-state index contributed by atoms with van der Waals surface area (Å²) < 4.78 is 0.691. The van der Waals surface area contributed by atoms with E-state index in [1.165, 1.54) is 34.8 Å². The second kappa shape index (κ2) is 13.0. The van der Waals surface area contributed by atoms with Gasteiger partial charge in [0.2, 0.25) is 5.91 Å². The van der Waals surface area contributed by atoms with E-state index in [1.54, 1.807) is 11.8 Å². The van der Waals surface area contributed by atoms with E-state index < -0.39 is 12.1 Å². The Kier molecular flexibility index (Phi) is 10.0. The number of nitrogens with one attached hydrogen (secondary N) is 1. The van der Waals surface area contributed by atoms with Crippen molar-refractivity contribution in [1.29, 1.82) is 0 Å². The fourth-order valence-electron chi connectivity index (χ4n) is 3.32. The number of carboxylic acids is 1. The summed E-state index contributed by atoms with van der Waals surface area (Å²) in [5.74, 6) is 0.704. The average molecular weight is 498 g/mol. The number of hydrogen-bond donors (Lipinski definition) is 3. The zero-order valence-electron chi connectivity index (χ0n) is 17.6. The molecule has 174 valence electrons. The summed E-state index contributed by atoms with van der Waals surface area (Å²) >= 11 is 4.40. The van der Waals surface area contributed by atoms with E-state index in [0.717, 1.165) is 36.6 Å². The molecule has 9 nitrogen and oxygen atoms in total. The van der Waals surface area contributed by atoms with E-state index in [2.05, 4.69) is 20.2 Å². The van der Waals surface area contributed by atoms with Crippen molar-refractivity contribution in [3.8, 4) is 0 Å². The number of aromatic amines is 1. The maximum atomic E-state index is 12.2. The van der Waals surface area contributed by atoms with Gasteiger partial charge < -0.3 is 15.1 Å². The molecule has 0 saturated carbocycles. The third kappa shape index (κ3) is 7.91.